The monoisotopic (exact) mass is 506 g/mol. The Morgan fingerprint density at radius 3 is 1.61 bits per heavy atom. The van der Waals surface area contributed by atoms with Crippen molar-refractivity contribution in [1.82, 2.24) is 0 Å². The molecule has 1 atom stereocenters. The third kappa shape index (κ3) is 16.2. The van der Waals surface area contributed by atoms with Crippen LogP contribution in [0.4, 0.5) is 0 Å². The van der Waals surface area contributed by atoms with Crippen molar-refractivity contribution in [2.24, 2.45) is 0 Å². The summed E-state index contributed by atoms with van der Waals surface area (Å²) in [5, 5.41) is 9.99. The van der Waals surface area contributed by atoms with E-state index < -0.39 is 11.8 Å². The maximum Gasteiger partial charge on any atom is 0.377 e. The number of rotatable bonds is 26. The summed E-state index contributed by atoms with van der Waals surface area (Å²) in [6, 6.07) is 9.06. The summed E-state index contributed by atoms with van der Waals surface area (Å²) >= 11 is 0. The Morgan fingerprint density at radius 1 is 0.694 bits per heavy atom. The minimum atomic E-state index is -1.67. The van der Waals surface area contributed by atoms with E-state index in [1.807, 2.05) is 25.1 Å². The molecule has 0 aliphatic carbocycles. The number of hydrogen-bond acceptors (Lipinski definition) is 4. The number of carbonyl (C=O) groups is 1. The molecule has 0 bridgehead atoms. The van der Waals surface area contributed by atoms with Gasteiger partial charge >= 0.3 is 11.8 Å². The van der Waals surface area contributed by atoms with Gasteiger partial charge in [-0.05, 0) is 25.5 Å². The molecule has 0 radical (unpaired) electrons. The zero-order valence-electron chi connectivity index (χ0n) is 23.3. The Balaban J connectivity index is 2.17. The second kappa shape index (κ2) is 22.6. The summed E-state index contributed by atoms with van der Waals surface area (Å²) < 4.78 is 17.0. The van der Waals surface area contributed by atoms with Crippen molar-refractivity contribution in [1.29, 1.82) is 0 Å². The molecule has 0 amide bonds. The number of ether oxygens (including phenoxy) is 3. The number of carboxylic acid groups (broad SMARTS) is 1. The van der Waals surface area contributed by atoms with Crippen LogP contribution in [-0.2, 0) is 14.3 Å². The van der Waals surface area contributed by atoms with E-state index in [1.54, 1.807) is 12.1 Å². The van der Waals surface area contributed by atoms with E-state index in [4.69, 9.17) is 14.2 Å². The van der Waals surface area contributed by atoms with Crippen LogP contribution in [0.2, 0.25) is 0 Å². The summed E-state index contributed by atoms with van der Waals surface area (Å²) in [4.78, 5) is 12.2. The number of benzene rings is 1. The minimum absolute atomic E-state index is 0.186. The van der Waals surface area contributed by atoms with E-state index in [2.05, 4.69) is 6.92 Å². The first-order valence-electron chi connectivity index (χ1n) is 14.8. The standard InChI is InChI=1S/C31H54O5/c1-3-5-6-7-8-9-10-11-12-13-14-15-16-17-18-19-23-26-31(30(32)33,35-28-27-34-4-2)36-29-24-21-20-22-25-29/h20-22,24-25H,3-19,23,26-28H2,1-2H3,(H,32,33). The summed E-state index contributed by atoms with van der Waals surface area (Å²) in [6.07, 6.45) is 22.3. The van der Waals surface area contributed by atoms with Crippen molar-refractivity contribution in [3.05, 3.63) is 30.3 Å². The van der Waals surface area contributed by atoms with Crippen LogP contribution in [0.5, 0.6) is 5.75 Å². The molecule has 5 heteroatoms. The van der Waals surface area contributed by atoms with Gasteiger partial charge in [-0.1, -0.05) is 128 Å². The first-order chi connectivity index (χ1) is 17.6. The zero-order valence-corrected chi connectivity index (χ0v) is 23.3. The van der Waals surface area contributed by atoms with Gasteiger partial charge in [0.25, 0.3) is 0 Å². The van der Waals surface area contributed by atoms with E-state index in [0.29, 0.717) is 25.4 Å². The predicted octanol–water partition coefficient (Wildman–Crippen LogP) is 8.94. The van der Waals surface area contributed by atoms with Gasteiger partial charge < -0.3 is 19.3 Å². The van der Waals surface area contributed by atoms with Gasteiger partial charge in [0.05, 0.1) is 13.2 Å². The quantitative estimate of drug-likeness (QED) is 0.100. The van der Waals surface area contributed by atoms with E-state index in [0.717, 1.165) is 19.3 Å². The third-order valence-electron chi connectivity index (χ3n) is 6.73. The SMILES string of the molecule is CCCCCCCCCCCCCCCCCCCC(OCCOCC)(Oc1ccccc1)C(=O)O. The fraction of sp³-hybridized carbons (Fsp3) is 0.774. The van der Waals surface area contributed by atoms with Crippen molar-refractivity contribution >= 4 is 5.97 Å². The van der Waals surface area contributed by atoms with Crippen LogP contribution in [0.15, 0.2) is 30.3 Å². The van der Waals surface area contributed by atoms with Crippen LogP contribution in [0.25, 0.3) is 0 Å². The summed E-state index contributed by atoms with van der Waals surface area (Å²) in [7, 11) is 0. The van der Waals surface area contributed by atoms with Crippen molar-refractivity contribution < 1.29 is 24.1 Å². The highest BCUT2D eigenvalue weighted by Gasteiger charge is 2.42. The smallest absolute Gasteiger partial charge is 0.377 e. The van der Waals surface area contributed by atoms with Crippen molar-refractivity contribution in [3.8, 4) is 5.75 Å². The summed E-state index contributed by atoms with van der Waals surface area (Å²) in [5.41, 5.74) is 0. The highest BCUT2D eigenvalue weighted by molar-refractivity contribution is 5.76. The molecule has 0 spiro atoms. The lowest BCUT2D eigenvalue weighted by atomic mass is 10.0. The fourth-order valence-corrected chi connectivity index (χ4v) is 4.54. The normalized spacial score (nSPS) is 12.9. The molecule has 208 valence electrons. The lowest BCUT2D eigenvalue weighted by molar-refractivity contribution is -0.218. The molecule has 0 aliphatic rings. The Kier molecular flexibility index (Phi) is 20.4. The van der Waals surface area contributed by atoms with Crippen LogP contribution in [-0.4, -0.2) is 36.7 Å². The Bertz CT molecular complexity index is 621. The molecule has 1 aromatic rings. The second-order valence-electron chi connectivity index (χ2n) is 9.93. The van der Waals surface area contributed by atoms with Gasteiger partial charge in [0.1, 0.15) is 5.75 Å². The van der Waals surface area contributed by atoms with Gasteiger partial charge in [0, 0.05) is 13.0 Å². The predicted molar refractivity (Wildman–Crippen MR) is 149 cm³/mol. The topological polar surface area (TPSA) is 65.0 Å². The van der Waals surface area contributed by atoms with Crippen LogP contribution in [0.1, 0.15) is 129 Å². The van der Waals surface area contributed by atoms with Gasteiger partial charge in [-0.15, -0.1) is 0 Å². The maximum atomic E-state index is 12.2. The van der Waals surface area contributed by atoms with Gasteiger partial charge in [-0.3, -0.25) is 0 Å². The third-order valence-corrected chi connectivity index (χ3v) is 6.73. The number of unbranched alkanes of at least 4 members (excludes halogenated alkanes) is 16. The first-order valence-corrected chi connectivity index (χ1v) is 14.8. The number of aliphatic carboxylic acids is 1. The zero-order chi connectivity index (χ0) is 26.2. The molecule has 1 N–H and O–H groups in total. The van der Waals surface area contributed by atoms with Gasteiger partial charge in [0.15, 0.2) is 0 Å². The molecule has 36 heavy (non-hydrogen) atoms. The molecular formula is C31H54O5. The Morgan fingerprint density at radius 2 is 1.17 bits per heavy atom. The van der Waals surface area contributed by atoms with Crippen molar-refractivity contribution in [3.63, 3.8) is 0 Å². The van der Waals surface area contributed by atoms with Crippen molar-refractivity contribution in [2.45, 2.75) is 135 Å². The molecule has 1 aromatic carbocycles. The van der Waals surface area contributed by atoms with E-state index in [1.165, 1.54) is 89.9 Å². The lowest BCUT2D eigenvalue weighted by Crippen LogP contribution is -2.48. The summed E-state index contributed by atoms with van der Waals surface area (Å²) in [6.45, 7) is 5.29. The largest absolute Gasteiger partial charge is 0.476 e. The van der Waals surface area contributed by atoms with E-state index >= 15 is 0 Å². The fourth-order valence-electron chi connectivity index (χ4n) is 4.54. The van der Waals surface area contributed by atoms with Crippen LogP contribution < -0.4 is 4.74 Å². The molecule has 0 fully saturated rings. The molecule has 0 saturated heterocycles. The maximum absolute atomic E-state index is 12.2. The van der Waals surface area contributed by atoms with Crippen molar-refractivity contribution in [2.75, 3.05) is 19.8 Å². The average Bonchev–Trinajstić information content (AvgIpc) is 2.88. The summed E-state index contributed by atoms with van der Waals surface area (Å²) in [5.74, 6) is -2.25. The minimum Gasteiger partial charge on any atom is -0.476 e. The highest BCUT2D eigenvalue weighted by atomic mass is 16.7. The molecular weight excluding hydrogens is 452 g/mol. The van der Waals surface area contributed by atoms with Gasteiger partial charge in [-0.25, -0.2) is 4.79 Å². The molecule has 1 unspecified atom stereocenters. The number of hydrogen-bond donors (Lipinski definition) is 1. The molecule has 5 nitrogen and oxygen atoms in total. The first kappa shape index (κ1) is 32.4. The number of carboxylic acids is 1. The van der Waals surface area contributed by atoms with E-state index in [9.17, 15) is 9.90 Å². The number of para-hydroxylation sites is 1. The molecule has 0 aromatic heterocycles. The van der Waals surface area contributed by atoms with Crippen LogP contribution in [0.3, 0.4) is 0 Å². The van der Waals surface area contributed by atoms with Gasteiger partial charge in [-0.2, -0.15) is 0 Å². The van der Waals surface area contributed by atoms with Crippen LogP contribution in [0, 0.1) is 0 Å². The van der Waals surface area contributed by atoms with Gasteiger partial charge in [0.2, 0.25) is 0 Å². The lowest BCUT2D eigenvalue weighted by Gasteiger charge is -2.30. The highest BCUT2D eigenvalue weighted by Crippen LogP contribution is 2.26. The molecule has 0 aliphatic heterocycles. The molecule has 0 heterocycles. The Labute approximate surface area is 221 Å². The van der Waals surface area contributed by atoms with Crippen LogP contribution >= 0.6 is 0 Å². The van der Waals surface area contributed by atoms with E-state index in [-0.39, 0.29) is 6.61 Å². The molecule has 0 saturated carbocycles. The average molecular weight is 507 g/mol. The molecule has 1 rings (SSSR count). The second-order valence-corrected chi connectivity index (χ2v) is 9.93. The Hall–Kier alpha value is -1.59.